The van der Waals surface area contributed by atoms with Crippen molar-refractivity contribution >= 4 is 101 Å². The van der Waals surface area contributed by atoms with Crippen LogP contribution in [0.4, 0.5) is 0 Å². The van der Waals surface area contributed by atoms with Gasteiger partial charge in [-0.05, 0) is 71.3 Å². The molecule has 6 aromatic heterocycles. The first-order chi connectivity index (χ1) is 29.4. The average molecular weight is 941 g/mol. The summed E-state index contributed by atoms with van der Waals surface area (Å²) in [6, 6.07) is 28.9. The second kappa shape index (κ2) is 20.5. The third-order valence-electron chi connectivity index (χ3n) is 8.61. The van der Waals surface area contributed by atoms with E-state index in [1.54, 1.807) is 41.9 Å². The van der Waals surface area contributed by atoms with Crippen LogP contribution in [0.2, 0.25) is 15.5 Å². The van der Waals surface area contributed by atoms with Gasteiger partial charge in [0.05, 0.1) is 34.3 Å². The smallest absolute Gasteiger partial charge is 0.239 e. The summed E-state index contributed by atoms with van der Waals surface area (Å²) in [6.07, 6.45) is 10.2. The van der Waals surface area contributed by atoms with E-state index in [2.05, 4.69) is 57.0 Å². The number of carbonyl (C=O) groups is 3. The molecule has 61 heavy (non-hydrogen) atoms. The summed E-state index contributed by atoms with van der Waals surface area (Å²) >= 11 is 21.1. The van der Waals surface area contributed by atoms with E-state index in [0.717, 1.165) is 66.1 Å². The van der Waals surface area contributed by atoms with Gasteiger partial charge in [-0.15, -0.1) is 0 Å². The van der Waals surface area contributed by atoms with Crippen LogP contribution in [-0.4, -0.2) is 67.8 Å². The lowest BCUT2D eigenvalue weighted by Crippen LogP contribution is -2.19. The molecular weight excluding hydrogens is 907 g/mol. The van der Waals surface area contributed by atoms with Gasteiger partial charge in [0.2, 0.25) is 17.7 Å². The Morgan fingerprint density at radius 1 is 0.623 bits per heavy atom. The van der Waals surface area contributed by atoms with Crippen molar-refractivity contribution in [2.75, 3.05) is 5.33 Å². The van der Waals surface area contributed by atoms with Gasteiger partial charge >= 0.3 is 0 Å². The van der Waals surface area contributed by atoms with E-state index in [-0.39, 0.29) is 24.3 Å². The summed E-state index contributed by atoms with van der Waals surface area (Å²) in [4.78, 5) is 43.7. The Labute approximate surface area is 371 Å². The van der Waals surface area contributed by atoms with Crippen LogP contribution in [0.25, 0.3) is 66.1 Å². The fourth-order valence-electron chi connectivity index (χ4n) is 5.90. The van der Waals surface area contributed by atoms with Crippen molar-refractivity contribution in [3.8, 4) is 33.4 Å². The SMILES string of the molecule is Clc1ncccc1-c1ccc2cn[nH]c2c1.NC(=O)CBr.NC(=O)Cn1cc2ccc(-c3cccnc3Cl)cc2n1.NC(=O)Cn1ncc2ccc(-c3cccnc3Cl)cc21. The molecule has 0 spiro atoms. The minimum atomic E-state index is -0.431. The molecule has 308 valence electrons. The van der Waals surface area contributed by atoms with Crippen molar-refractivity contribution < 1.29 is 14.4 Å². The van der Waals surface area contributed by atoms with Gasteiger partial charge in [-0.2, -0.15) is 15.3 Å². The first kappa shape index (κ1) is 43.8. The van der Waals surface area contributed by atoms with Crippen molar-refractivity contribution in [3.05, 3.63) is 144 Å². The zero-order valence-corrected chi connectivity index (χ0v) is 35.6. The highest BCUT2D eigenvalue weighted by molar-refractivity contribution is 9.09. The van der Waals surface area contributed by atoms with Gasteiger partial charge in [-0.25, -0.2) is 15.0 Å². The van der Waals surface area contributed by atoms with E-state index >= 15 is 0 Å². The third kappa shape index (κ3) is 11.5. The molecule has 0 aliphatic carbocycles. The first-order valence-electron chi connectivity index (χ1n) is 18.0. The number of halogens is 4. The van der Waals surface area contributed by atoms with Crippen LogP contribution >= 0.6 is 50.7 Å². The predicted octanol–water partition coefficient (Wildman–Crippen LogP) is 7.62. The number of nitrogens with one attached hydrogen (secondary N) is 1. The predicted molar refractivity (Wildman–Crippen MR) is 242 cm³/mol. The highest BCUT2D eigenvalue weighted by Gasteiger charge is 2.11. The first-order valence-corrected chi connectivity index (χ1v) is 20.2. The van der Waals surface area contributed by atoms with E-state index in [1.807, 2.05) is 91.0 Å². The number of primary amides is 3. The molecule has 0 atom stereocenters. The van der Waals surface area contributed by atoms with E-state index in [4.69, 9.17) is 46.3 Å². The lowest BCUT2D eigenvalue weighted by molar-refractivity contribution is -0.119. The molecule has 0 aliphatic heterocycles. The molecule has 3 amide bonds. The van der Waals surface area contributed by atoms with Gasteiger partial charge in [0.1, 0.15) is 28.5 Å². The van der Waals surface area contributed by atoms with Crippen LogP contribution in [-0.2, 0) is 27.5 Å². The second-order valence-corrected chi connectivity index (χ2v) is 14.5. The number of aromatic nitrogens is 9. The number of hydrogen-bond donors (Lipinski definition) is 4. The van der Waals surface area contributed by atoms with Gasteiger partial charge in [-0.1, -0.05) is 87.1 Å². The average Bonchev–Trinajstić information content (AvgIpc) is 3.99. The van der Waals surface area contributed by atoms with Crippen LogP contribution in [0, 0.1) is 0 Å². The van der Waals surface area contributed by atoms with E-state index in [0.29, 0.717) is 15.5 Å². The summed E-state index contributed by atoms with van der Waals surface area (Å²) in [5.74, 6) is -1.18. The van der Waals surface area contributed by atoms with Crippen molar-refractivity contribution in [3.63, 3.8) is 0 Å². The number of benzene rings is 3. The number of pyridine rings is 3. The molecule has 0 radical (unpaired) electrons. The molecule has 0 aliphatic rings. The van der Waals surface area contributed by atoms with Gasteiger partial charge in [0.15, 0.2) is 0 Å². The zero-order valence-electron chi connectivity index (χ0n) is 31.8. The van der Waals surface area contributed by atoms with Gasteiger partial charge < -0.3 is 17.2 Å². The molecule has 0 saturated carbocycles. The number of H-pyrrole nitrogens is 1. The van der Waals surface area contributed by atoms with Crippen molar-refractivity contribution in [2.24, 2.45) is 17.2 Å². The van der Waals surface area contributed by atoms with Crippen LogP contribution in [0.1, 0.15) is 0 Å². The molecule has 6 heterocycles. The van der Waals surface area contributed by atoms with E-state index in [1.165, 1.54) is 4.68 Å². The number of amides is 3. The molecule has 9 rings (SSSR count). The Hall–Kier alpha value is -6.72. The maximum absolute atomic E-state index is 11.0. The van der Waals surface area contributed by atoms with E-state index < -0.39 is 11.8 Å². The molecular formula is C42H34BrCl3N12O3. The molecule has 7 N–H and O–H groups in total. The molecule has 0 unspecified atom stereocenters. The summed E-state index contributed by atoms with van der Waals surface area (Å²) in [5.41, 5.74) is 23.1. The molecule has 0 saturated heterocycles. The van der Waals surface area contributed by atoms with Crippen LogP contribution in [0.15, 0.2) is 128 Å². The standard InChI is InChI=1S/2C14H11ClN4O.C12H8ClN3.C2H4BrNO/c15-14-11(2-1-5-17-14)9-3-4-10-7-19(8-13(16)20)18-12(10)6-9;15-14-11(2-1-5-17-14)9-3-4-10-7-18-19(8-13(16)20)12(10)6-9;13-12-10(2-1-5-14-12)8-3-4-9-7-15-16-11(9)6-8;3-1-2(4)5/h2*1-7H,8H2,(H2,16,20);1-7H,(H,15,16);1H2,(H2,4,5). The van der Waals surface area contributed by atoms with Crippen LogP contribution in [0.5, 0.6) is 0 Å². The second-order valence-electron chi connectivity index (χ2n) is 12.9. The monoisotopic (exact) mass is 938 g/mol. The number of rotatable bonds is 8. The number of hydrogen-bond acceptors (Lipinski definition) is 9. The van der Waals surface area contributed by atoms with Crippen molar-refractivity contribution in [1.82, 2.24) is 44.7 Å². The Kier molecular flexibility index (Phi) is 14.7. The number of alkyl halides is 1. The molecule has 9 aromatic rings. The Morgan fingerprint density at radius 3 is 1.66 bits per heavy atom. The zero-order chi connectivity index (χ0) is 43.5. The topological polar surface area (TPSA) is 232 Å². The highest BCUT2D eigenvalue weighted by Crippen LogP contribution is 2.30. The maximum atomic E-state index is 11.0. The van der Waals surface area contributed by atoms with Crippen molar-refractivity contribution in [2.45, 2.75) is 13.1 Å². The van der Waals surface area contributed by atoms with Crippen LogP contribution < -0.4 is 17.2 Å². The minimum absolute atomic E-state index is 0.0493. The molecule has 3 aromatic carbocycles. The summed E-state index contributed by atoms with van der Waals surface area (Å²) < 4.78 is 3.10. The van der Waals surface area contributed by atoms with Crippen LogP contribution in [0.3, 0.4) is 0 Å². The number of nitrogens with zero attached hydrogens (tertiary/aromatic N) is 8. The van der Waals surface area contributed by atoms with E-state index in [9.17, 15) is 14.4 Å². The summed E-state index contributed by atoms with van der Waals surface area (Å²) in [7, 11) is 0. The van der Waals surface area contributed by atoms with Gasteiger partial charge in [0.25, 0.3) is 0 Å². The fraction of sp³-hybridized carbons (Fsp3) is 0.0714. The fourth-order valence-corrected chi connectivity index (χ4v) is 6.58. The minimum Gasteiger partial charge on any atom is -0.369 e. The molecule has 0 fully saturated rings. The Morgan fingerprint density at radius 2 is 1.13 bits per heavy atom. The number of carbonyl (C=O) groups excluding carboxylic acids is 3. The highest BCUT2D eigenvalue weighted by atomic mass is 79.9. The Balaban J connectivity index is 0.000000146. The van der Waals surface area contributed by atoms with Gasteiger partial charge in [-0.3, -0.25) is 28.8 Å². The number of aromatic amines is 1. The van der Waals surface area contributed by atoms with Crippen molar-refractivity contribution in [1.29, 1.82) is 0 Å². The molecule has 19 heteroatoms. The normalized spacial score (nSPS) is 10.6. The molecule has 0 bridgehead atoms. The lowest BCUT2D eigenvalue weighted by Gasteiger charge is -2.05. The quantitative estimate of drug-likeness (QED) is 0.0866. The lowest BCUT2D eigenvalue weighted by atomic mass is 10.1. The largest absolute Gasteiger partial charge is 0.369 e. The van der Waals surface area contributed by atoms with Gasteiger partial charge in [0, 0.05) is 57.6 Å². The molecule has 15 nitrogen and oxygen atoms in total. The third-order valence-corrected chi connectivity index (χ3v) is 10.1. The summed E-state index contributed by atoms with van der Waals surface area (Å²) in [6.45, 7) is 0.116. The summed E-state index contributed by atoms with van der Waals surface area (Å²) in [5, 5.41) is 20.0. The maximum Gasteiger partial charge on any atom is 0.239 e. The number of nitrogens with two attached hydrogens (primary N) is 3. The number of fused-ring (bicyclic) bond motifs is 3. The Bertz CT molecular complexity index is 2980.